The maximum absolute atomic E-state index is 3.44. The number of piperidine rings is 2. The second-order valence-electron chi connectivity index (χ2n) is 7.73. The molecule has 0 aromatic heterocycles. The van der Waals surface area contributed by atoms with Crippen LogP contribution in [0, 0.1) is 0 Å². The molecule has 4 rings (SSSR count). The third-order valence-corrected chi connectivity index (χ3v) is 6.26. The second kappa shape index (κ2) is 8.24. The Morgan fingerprint density at radius 2 is 1.35 bits per heavy atom. The van der Waals surface area contributed by atoms with Gasteiger partial charge in [-0.15, -0.1) is 0 Å². The van der Waals surface area contributed by atoms with E-state index >= 15 is 0 Å². The summed E-state index contributed by atoms with van der Waals surface area (Å²) in [6.45, 7) is 4.90. The highest BCUT2D eigenvalue weighted by Crippen LogP contribution is 2.27. The maximum atomic E-state index is 3.44. The molecule has 2 fully saturated rings. The molecule has 0 spiro atoms. The van der Waals surface area contributed by atoms with Crippen LogP contribution in [0.3, 0.4) is 0 Å². The summed E-state index contributed by atoms with van der Waals surface area (Å²) in [7, 11) is 2.10. The maximum Gasteiger partial charge on any atom is 0.0366 e. The van der Waals surface area contributed by atoms with Crippen molar-refractivity contribution in [2.24, 2.45) is 0 Å². The first-order chi connectivity index (χ1) is 12.8. The minimum Gasteiger partial charge on any atom is -0.371 e. The van der Waals surface area contributed by atoms with Crippen molar-refractivity contribution in [3.05, 3.63) is 54.6 Å². The zero-order valence-electron chi connectivity index (χ0n) is 15.9. The summed E-state index contributed by atoms with van der Waals surface area (Å²) < 4.78 is 0. The average Bonchev–Trinajstić information content (AvgIpc) is 2.75. The lowest BCUT2D eigenvalue weighted by Gasteiger charge is -2.42. The largest absolute Gasteiger partial charge is 0.371 e. The lowest BCUT2D eigenvalue weighted by Crippen LogP contribution is -2.50. The summed E-state index contributed by atoms with van der Waals surface area (Å²) in [6.07, 6.45) is 5.20. The van der Waals surface area contributed by atoms with Crippen LogP contribution in [-0.2, 0) is 0 Å². The summed E-state index contributed by atoms with van der Waals surface area (Å²) in [4.78, 5) is 5.30. The molecule has 2 saturated heterocycles. The van der Waals surface area contributed by atoms with Crippen LogP contribution in [-0.4, -0.2) is 50.2 Å². The van der Waals surface area contributed by atoms with Crippen LogP contribution in [0.4, 0.5) is 5.69 Å². The molecular weight excluding hydrogens is 318 g/mol. The van der Waals surface area contributed by atoms with Crippen molar-refractivity contribution >= 4 is 5.69 Å². The van der Waals surface area contributed by atoms with Gasteiger partial charge in [-0.3, -0.25) is 0 Å². The molecule has 2 aromatic carbocycles. The number of hydrogen-bond donors (Lipinski definition) is 1. The Balaban J connectivity index is 1.32. The Morgan fingerprint density at radius 3 is 1.96 bits per heavy atom. The Morgan fingerprint density at radius 1 is 0.731 bits per heavy atom. The van der Waals surface area contributed by atoms with Crippen molar-refractivity contribution in [3.63, 3.8) is 0 Å². The highest BCUT2D eigenvalue weighted by molar-refractivity contribution is 5.66. The van der Waals surface area contributed by atoms with E-state index in [0.29, 0.717) is 0 Å². The zero-order chi connectivity index (χ0) is 17.8. The van der Waals surface area contributed by atoms with Gasteiger partial charge in [-0.05, 0) is 69.1 Å². The van der Waals surface area contributed by atoms with Gasteiger partial charge in [0.05, 0.1) is 0 Å². The number of hydrogen-bond acceptors (Lipinski definition) is 3. The van der Waals surface area contributed by atoms with E-state index in [9.17, 15) is 0 Å². The van der Waals surface area contributed by atoms with E-state index in [1.807, 2.05) is 0 Å². The summed E-state index contributed by atoms with van der Waals surface area (Å²) in [5.74, 6) is 0. The van der Waals surface area contributed by atoms with Crippen molar-refractivity contribution in [1.82, 2.24) is 10.2 Å². The van der Waals surface area contributed by atoms with Crippen molar-refractivity contribution in [1.29, 1.82) is 0 Å². The van der Waals surface area contributed by atoms with Crippen molar-refractivity contribution < 1.29 is 0 Å². The minimum atomic E-state index is 0.731. The van der Waals surface area contributed by atoms with E-state index in [4.69, 9.17) is 0 Å². The van der Waals surface area contributed by atoms with Crippen LogP contribution in [0.1, 0.15) is 25.7 Å². The quantitative estimate of drug-likeness (QED) is 0.900. The molecule has 0 amide bonds. The van der Waals surface area contributed by atoms with E-state index in [1.54, 1.807) is 0 Å². The molecule has 2 aliphatic rings. The first-order valence-electron chi connectivity index (χ1n) is 10.2. The fraction of sp³-hybridized carbons (Fsp3) is 0.478. The van der Waals surface area contributed by atoms with Gasteiger partial charge in [0.1, 0.15) is 0 Å². The topological polar surface area (TPSA) is 18.5 Å². The third kappa shape index (κ3) is 3.94. The summed E-state index contributed by atoms with van der Waals surface area (Å²) in [5.41, 5.74) is 3.97. The van der Waals surface area contributed by atoms with E-state index in [0.717, 1.165) is 12.1 Å². The van der Waals surface area contributed by atoms with Crippen molar-refractivity contribution in [2.45, 2.75) is 37.8 Å². The molecule has 0 atom stereocenters. The van der Waals surface area contributed by atoms with Crippen LogP contribution >= 0.6 is 0 Å². The number of nitrogens with zero attached hydrogens (tertiary/aromatic N) is 2. The molecule has 138 valence electrons. The van der Waals surface area contributed by atoms with E-state index < -0.39 is 0 Å². The van der Waals surface area contributed by atoms with Gasteiger partial charge in [-0.2, -0.15) is 0 Å². The molecule has 2 heterocycles. The SMILES string of the molecule is CNC1CCN(C2CCN(c3ccc(-c4ccccc4)cc3)CC2)CC1. The van der Waals surface area contributed by atoms with Crippen LogP contribution in [0.25, 0.3) is 11.1 Å². The normalized spacial score (nSPS) is 20.4. The van der Waals surface area contributed by atoms with Crippen LogP contribution in [0.15, 0.2) is 54.6 Å². The minimum absolute atomic E-state index is 0.731. The Kier molecular flexibility index (Phi) is 5.57. The number of nitrogens with one attached hydrogen (secondary N) is 1. The highest BCUT2D eigenvalue weighted by atomic mass is 15.2. The number of benzene rings is 2. The standard InChI is InChI=1S/C23H31N3/c1-24-21-11-15-25(16-12-21)23-13-17-26(18-14-23)22-9-7-20(8-10-22)19-5-3-2-4-6-19/h2-10,21,23-24H,11-18H2,1H3. The van der Waals surface area contributed by atoms with Gasteiger partial charge in [-0.25, -0.2) is 0 Å². The van der Waals surface area contributed by atoms with E-state index in [2.05, 4.69) is 76.8 Å². The van der Waals surface area contributed by atoms with Gasteiger partial charge < -0.3 is 15.1 Å². The van der Waals surface area contributed by atoms with E-state index in [1.165, 1.54) is 68.7 Å². The van der Waals surface area contributed by atoms with Crippen LogP contribution in [0.2, 0.25) is 0 Å². The number of likely N-dealkylation sites (tertiary alicyclic amines) is 1. The van der Waals surface area contributed by atoms with Gasteiger partial charge in [0, 0.05) is 30.9 Å². The Hall–Kier alpha value is -1.84. The number of rotatable bonds is 4. The summed E-state index contributed by atoms with van der Waals surface area (Å²) in [5, 5.41) is 3.44. The van der Waals surface area contributed by atoms with Gasteiger partial charge in [0.25, 0.3) is 0 Å². The molecule has 1 N–H and O–H groups in total. The fourth-order valence-electron chi connectivity index (χ4n) is 4.54. The Labute approximate surface area is 158 Å². The first-order valence-corrected chi connectivity index (χ1v) is 10.2. The molecule has 0 aliphatic carbocycles. The molecule has 0 saturated carbocycles. The monoisotopic (exact) mass is 349 g/mol. The molecule has 3 heteroatoms. The van der Waals surface area contributed by atoms with E-state index in [-0.39, 0.29) is 0 Å². The van der Waals surface area contributed by atoms with Gasteiger partial charge in [-0.1, -0.05) is 42.5 Å². The summed E-state index contributed by atoms with van der Waals surface area (Å²) in [6, 6.07) is 21.3. The average molecular weight is 350 g/mol. The Bertz CT molecular complexity index is 666. The van der Waals surface area contributed by atoms with Crippen LogP contribution < -0.4 is 10.2 Å². The van der Waals surface area contributed by atoms with Crippen molar-refractivity contribution in [3.8, 4) is 11.1 Å². The van der Waals surface area contributed by atoms with Gasteiger partial charge >= 0.3 is 0 Å². The number of anilines is 1. The summed E-state index contributed by atoms with van der Waals surface area (Å²) >= 11 is 0. The lowest BCUT2D eigenvalue weighted by molar-refractivity contribution is 0.126. The molecule has 2 aromatic rings. The molecule has 0 bridgehead atoms. The molecule has 0 radical (unpaired) electrons. The predicted octanol–water partition coefficient (Wildman–Crippen LogP) is 4.01. The van der Waals surface area contributed by atoms with Gasteiger partial charge in [0.15, 0.2) is 0 Å². The zero-order valence-corrected chi connectivity index (χ0v) is 15.9. The smallest absolute Gasteiger partial charge is 0.0366 e. The third-order valence-electron chi connectivity index (χ3n) is 6.26. The molecule has 0 unspecified atom stereocenters. The fourth-order valence-corrected chi connectivity index (χ4v) is 4.54. The highest BCUT2D eigenvalue weighted by Gasteiger charge is 2.27. The van der Waals surface area contributed by atoms with Crippen LogP contribution in [0.5, 0.6) is 0 Å². The second-order valence-corrected chi connectivity index (χ2v) is 7.73. The molecule has 2 aliphatic heterocycles. The first kappa shape index (κ1) is 17.6. The van der Waals surface area contributed by atoms with Gasteiger partial charge in [0.2, 0.25) is 0 Å². The lowest BCUT2D eigenvalue weighted by atomic mass is 9.97. The molecule has 3 nitrogen and oxygen atoms in total. The molecular formula is C23H31N3. The van der Waals surface area contributed by atoms with Crippen molar-refractivity contribution in [2.75, 3.05) is 38.1 Å². The molecule has 26 heavy (non-hydrogen) atoms. The predicted molar refractivity (Wildman–Crippen MR) is 111 cm³/mol.